The lowest BCUT2D eigenvalue weighted by molar-refractivity contribution is 0.922. The fourth-order valence-corrected chi connectivity index (χ4v) is 4.47. The van der Waals surface area contributed by atoms with Crippen molar-refractivity contribution in [2.75, 3.05) is 0 Å². The summed E-state index contributed by atoms with van der Waals surface area (Å²) in [6.45, 7) is 3.87. The zero-order chi connectivity index (χ0) is 22.6. The minimum Gasteiger partial charge on any atom is -0.331 e. The van der Waals surface area contributed by atoms with E-state index in [0.29, 0.717) is 42.7 Å². The summed E-state index contributed by atoms with van der Waals surface area (Å²) in [4.78, 5) is 32.5. The minimum absolute atomic E-state index is 0.198. The molecule has 5 aromatic rings. The molecule has 0 amide bonds. The maximum atomic E-state index is 13.1. The summed E-state index contributed by atoms with van der Waals surface area (Å²) in [5, 5.41) is 1.12. The van der Waals surface area contributed by atoms with Gasteiger partial charge in [0.15, 0.2) is 9.54 Å². The number of aromatic amines is 2. The van der Waals surface area contributed by atoms with Crippen molar-refractivity contribution in [3.63, 3.8) is 0 Å². The third-order valence-electron chi connectivity index (χ3n) is 5.47. The average molecular weight is 459 g/mol. The zero-order valence-corrected chi connectivity index (χ0v) is 18.9. The molecule has 0 radical (unpaired) electrons. The summed E-state index contributed by atoms with van der Waals surface area (Å²) in [6, 6.07) is 18.3. The van der Waals surface area contributed by atoms with Gasteiger partial charge in [-0.25, -0.2) is 0 Å². The van der Waals surface area contributed by atoms with E-state index >= 15 is 0 Å². The van der Waals surface area contributed by atoms with Gasteiger partial charge in [0.1, 0.15) is 0 Å². The first kappa shape index (κ1) is 20.3. The van der Waals surface area contributed by atoms with Crippen molar-refractivity contribution in [3.8, 4) is 11.4 Å². The third kappa shape index (κ3) is 3.24. The SMILES string of the molecule is Cc1ccc2[nH]c(=S)n(-c3ccc(-n4c(=S)[nH]c5ccc(C)cc5c4=O)cc3)c(=O)c2c1. The molecular weight excluding hydrogens is 440 g/mol. The van der Waals surface area contributed by atoms with E-state index in [0.717, 1.165) is 11.1 Å². The standard InChI is InChI=1S/C24H18N4O2S2/c1-13-3-9-19-17(11-13)21(29)27(23(31)25-19)15-5-7-16(8-6-15)28-22(30)18-12-14(2)4-10-20(18)26-24(28)32/h3-12H,1-2H3,(H,25,31)(H,26,32). The quantitative estimate of drug-likeness (QED) is 0.364. The molecule has 0 saturated heterocycles. The van der Waals surface area contributed by atoms with Crippen LogP contribution >= 0.6 is 24.4 Å². The second-order valence-corrected chi connectivity index (χ2v) is 8.53. The van der Waals surface area contributed by atoms with Crippen molar-refractivity contribution < 1.29 is 0 Å². The van der Waals surface area contributed by atoms with E-state index in [1.54, 1.807) is 24.3 Å². The Labute approximate surface area is 192 Å². The largest absolute Gasteiger partial charge is 0.331 e. The van der Waals surface area contributed by atoms with Gasteiger partial charge in [-0.3, -0.25) is 18.7 Å². The Hall–Kier alpha value is -3.62. The summed E-state index contributed by atoms with van der Waals surface area (Å²) >= 11 is 10.9. The van der Waals surface area contributed by atoms with Crippen molar-refractivity contribution >= 4 is 46.2 Å². The zero-order valence-electron chi connectivity index (χ0n) is 17.3. The van der Waals surface area contributed by atoms with Crippen molar-refractivity contribution in [2.45, 2.75) is 13.8 Å². The van der Waals surface area contributed by atoms with Gasteiger partial charge in [0, 0.05) is 0 Å². The van der Waals surface area contributed by atoms with Crippen molar-refractivity contribution in [1.82, 2.24) is 19.1 Å². The Morgan fingerprint density at radius 3 is 1.38 bits per heavy atom. The van der Waals surface area contributed by atoms with E-state index in [-0.39, 0.29) is 11.1 Å². The second-order valence-electron chi connectivity index (χ2n) is 7.76. The average Bonchev–Trinajstić information content (AvgIpc) is 2.76. The topological polar surface area (TPSA) is 75.6 Å². The lowest BCUT2D eigenvalue weighted by Crippen LogP contribution is -2.22. The highest BCUT2D eigenvalue weighted by atomic mass is 32.1. The van der Waals surface area contributed by atoms with Crippen LogP contribution in [0.2, 0.25) is 0 Å². The monoisotopic (exact) mass is 458 g/mol. The first-order valence-electron chi connectivity index (χ1n) is 9.96. The van der Waals surface area contributed by atoms with Crippen molar-refractivity contribution in [1.29, 1.82) is 0 Å². The third-order valence-corrected chi connectivity index (χ3v) is 6.04. The number of hydrogen-bond acceptors (Lipinski definition) is 4. The summed E-state index contributed by atoms with van der Waals surface area (Å²) in [5.74, 6) is 0. The summed E-state index contributed by atoms with van der Waals surface area (Å²) in [5.41, 5.74) is 4.17. The van der Waals surface area contributed by atoms with Crippen LogP contribution in [0.4, 0.5) is 0 Å². The lowest BCUT2D eigenvalue weighted by atomic mass is 10.1. The summed E-state index contributed by atoms with van der Waals surface area (Å²) in [6.07, 6.45) is 0. The number of benzene rings is 3. The smallest absolute Gasteiger partial charge is 0.266 e. The van der Waals surface area contributed by atoms with Gasteiger partial charge in [0.25, 0.3) is 11.1 Å². The Balaban J connectivity index is 1.68. The highest BCUT2D eigenvalue weighted by molar-refractivity contribution is 7.71. The van der Waals surface area contributed by atoms with E-state index in [1.165, 1.54) is 9.13 Å². The van der Waals surface area contributed by atoms with Crippen molar-refractivity contribution in [3.05, 3.63) is 102 Å². The maximum Gasteiger partial charge on any atom is 0.266 e. The van der Waals surface area contributed by atoms with Crippen LogP contribution in [-0.4, -0.2) is 19.1 Å². The molecule has 0 saturated carbocycles. The predicted octanol–water partition coefficient (Wildman–Crippen LogP) is 5.03. The van der Waals surface area contributed by atoms with Crippen LogP contribution in [0.15, 0.2) is 70.3 Å². The molecule has 0 bridgehead atoms. The normalized spacial score (nSPS) is 11.3. The molecule has 158 valence electrons. The van der Waals surface area contributed by atoms with Gasteiger partial charge in [-0.2, -0.15) is 0 Å². The Bertz CT molecular complexity index is 1640. The van der Waals surface area contributed by atoms with E-state index in [2.05, 4.69) is 9.97 Å². The van der Waals surface area contributed by atoms with Gasteiger partial charge in [-0.1, -0.05) is 23.3 Å². The first-order valence-corrected chi connectivity index (χ1v) is 10.8. The number of rotatable bonds is 2. The van der Waals surface area contributed by atoms with Crippen molar-refractivity contribution in [2.24, 2.45) is 0 Å². The van der Waals surface area contributed by atoms with E-state index in [4.69, 9.17) is 24.4 Å². The second kappa shape index (κ2) is 7.51. The van der Waals surface area contributed by atoms with Crippen LogP contribution in [0.3, 0.4) is 0 Å². The molecule has 5 rings (SSSR count). The molecule has 32 heavy (non-hydrogen) atoms. The van der Waals surface area contributed by atoms with Crippen LogP contribution in [0, 0.1) is 23.4 Å². The predicted molar refractivity (Wildman–Crippen MR) is 132 cm³/mol. The van der Waals surface area contributed by atoms with Crippen LogP contribution in [0.25, 0.3) is 33.2 Å². The van der Waals surface area contributed by atoms with Gasteiger partial charge in [0.05, 0.1) is 33.2 Å². The fraction of sp³-hybridized carbons (Fsp3) is 0.0833. The number of fused-ring (bicyclic) bond motifs is 2. The molecular formula is C24H18N4O2S2. The van der Waals surface area contributed by atoms with Crippen LogP contribution in [0.5, 0.6) is 0 Å². The Morgan fingerprint density at radius 2 is 1.00 bits per heavy atom. The summed E-state index contributed by atoms with van der Waals surface area (Å²) in [7, 11) is 0. The highest BCUT2D eigenvalue weighted by Gasteiger charge is 2.11. The van der Waals surface area contributed by atoms with Crippen LogP contribution in [0.1, 0.15) is 11.1 Å². The molecule has 6 nitrogen and oxygen atoms in total. The molecule has 2 N–H and O–H groups in total. The van der Waals surface area contributed by atoms with Gasteiger partial charge in [0.2, 0.25) is 0 Å². The van der Waals surface area contributed by atoms with E-state index < -0.39 is 0 Å². The van der Waals surface area contributed by atoms with Crippen LogP contribution < -0.4 is 11.1 Å². The highest BCUT2D eigenvalue weighted by Crippen LogP contribution is 2.16. The molecule has 0 fully saturated rings. The molecule has 2 heterocycles. The number of aromatic nitrogens is 4. The van der Waals surface area contributed by atoms with Crippen LogP contribution in [-0.2, 0) is 0 Å². The first-order chi connectivity index (χ1) is 15.3. The lowest BCUT2D eigenvalue weighted by Gasteiger charge is -2.11. The van der Waals surface area contributed by atoms with Gasteiger partial charge < -0.3 is 9.97 Å². The van der Waals surface area contributed by atoms with Gasteiger partial charge >= 0.3 is 0 Å². The molecule has 0 atom stereocenters. The molecule has 0 aliphatic carbocycles. The van der Waals surface area contributed by atoms with Gasteiger partial charge in [-0.05, 0) is 86.8 Å². The number of aryl methyl sites for hydroxylation is 2. The van der Waals surface area contributed by atoms with E-state index in [9.17, 15) is 9.59 Å². The number of hydrogen-bond donors (Lipinski definition) is 2. The maximum absolute atomic E-state index is 13.1. The molecule has 2 aromatic heterocycles. The van der Waals surface area contributed by atoms with Gasteiger partial charge in [-0.15, -0.1) is 0 Å². The summed E-state index contributed by atoms with van der Waals surface area (Å²) < 4.78 is 3.51. The Morgan fingerprint density at radius 1 is 0.625 bits per heavy atom. The molecule has 0 unspecified atom stereocenters. The molecule has 8 heteroatoms. The minimum atomic E-state index is -0.198. The number of nitrogens with one attached hydrogen (secondary N) is 2. The molecule has 3 aromatic carbocycles. The Kier molecular flexibility index (Phi) is 4.76. The molecule has 0 spiro atoms. The number of H-pyrrole nitrogens is 2. The van der Waals surface area contributed by atoms with E-state index in [1.807, 2.05) is 50.2 Å². The molecule has 0 aliphatic rings. The fourth-order valence-electron chi connectivity index (χ4n) is 3.88. The molecule has 0 aliphatic heterocycles. The number of nitrogens with zero attached hydrogens (tertiary/aromatic N) is 2.